The van der Waals surface area contributed by atoms with Crippen LogP contribution in [0.5, 0.6) is 0 Å². The first-order valence-electron chi connectivity index (χ1n) is 25.5. The molecular weight excluding hydrogens is 950 g/mol. The number of likely N-dealkylation sites (tertiary alicyclic amines) is 3. The normalized spacial score (nSPS) is 23.3. The smallest absolute Gasteiger partial charge is 0.378 e. The number of hydrogen-bond acceptors (Lipinski definition) is 14. The number of carbonyl (C=O) groups excluding carboxylic acids is 4. The zero-order chi connectivity index (χ0) is 51.6. The van der Waals surface area contributed by atoms with Gasteiger partial charge in [-0.05, 0) is 89.2 Å². The minimum absolute atomic E-state index is 0.0712. The van der Waals surface area contributed by atoms with Crippen LogP contribution >= 0.6 is 0 Å². The first-order chi connectivity index (χ1) is 35.2. The molecule has 0 spiro atoms. The first kappa shape index (κ1) is 53.5. The second-order valence-electron chi connectivity index (χ2n) is 19.8. The molecule has 3 aromatic heterocycles. The van der Waals surface area contributed by atoms with Gasteiger partial charge in [0.1, 0.15) is 18.2 Å². The van der Waals surface area contributed by atoms with Gasteiger partial charge < -0.3 is 49.8 Å². The number of fused-ring (bicyclic) bond motifs is 1. The predicted molar refractivity (Wildman–Crippen MR) is 264 cm³/mol. The highest BCUT2D eigenvalue weighted by Gasteiger charge is 2.45. The summed E-state index contributed by atoms with van der Waals surface area (Å²) in [7, 11) is 3.80. The van der Waals surface area contributed by atoms with Gasteiger partial charge in [0.15, 0.2) is 0 Å². The van der Waals surface area contributed by atoms with Gasteiger partial charge in [-0.15, -0.1) is 0 Å². The van der Waals surface area contributed by atoms with Crippen LogP contribution in [-0.4, -0.2) is 185 Å². The number of rotatable bonds is 22. The molecule has 22 heteroatoms. The molecule has 4 fully saturated rings. The number of alkyl halides is 3. The lowest BCUT2D eigenvalue weighted by atomic mass is 9.84. The van der Waals surface area contributed by atoms with E-state index in [9.17, 15) is 32.3 Å². The third kappa shape index (κ3) is 13.3. The van der Waals surface area contributed by atoms with Gasteiger partial charge in [0.25, 0.3) is 5.91 Å². The summed E-state index contributed by atoms with van der Waals surface area (Å²) in [5, 5.41) is 14.1. The number of hydrogen-bond donors (Lipinski definition) is 3. The van der Waals surface area contributed by atoms with E-state index in [0.717, 1.165) is 56.6 Å². The van der Waals surface area contributed by atoms with Gasteiger partial charge in [0.05, 0.1) is 92.6 Å². The number of halogens is 3. The van der Waals surface area contributed by atoms with Gasteiger partial charge >= 0.3 is 6.18 Å². The lowest BCUT2D eigenvalue weighted by molar-refractivity contribution is -0.137. The minimum atomic E-state index is -4.55. The Labute approximate surface area is 423 Å². The van der Waals surface area contributed by atoms with E-state index in [4.69, 9.17) is 14.2 Å². The average molecular weight is 1020 g/mol. The quantitative estimate of drug-likeness (QED) is 0.0940. The molecule has 3 aliphatic heterocycles. The van der Waals surface area contributed by atoms with Crippen LogP contribution in [0.25, 0.3) is 10.9 Å². The van der Waals surface area contributed by atoms with Crippen molar-refractivity contribution in [3.63, 3.8) is 0 Å². The van der Waals surface area contributed by atoms with E-state index in [1.807, 2.05) is 21.8 Å². The predicted octanol–water partition coefficient (Wildman–Crippen LogP) is 4.34. The number of benzene rings is 1. The first-order valence-corrected chi connectivity index (χ1v) is 25.5. The number of carbonyl (C=O) groups is 4. The zero-order valence-electron chi connectivity index (χ0n) is 42.1. The van der Waals surface area contributed by atoms with Gasteiger partial charge in [0, 0.05) is 82.3 Å². The summed E-state index contributed by atoms with van der Waals surface area (Å²) in [5.41, 5.74) is 0.801. The van der Waals surface area contributed by atoms with Crippen molar-refractivity contribution >= 4 is 40.3 Å². The third-order valence-electron chi connectivity index (χ3n) is 15.0. The Kier molecular flexibility index (Phi) is 17.9. The fourth-order valence-corrected chi connectivity index (χ4v) is 10.7. The monoisotopic (exact) mass is 1020 g/mol. The van der Waals surface area contributed by atoms with E-state index >= 15 is 0 Å². The molecule has 0 unspecified atom stereocenters. The van der Waals surface area contributed by atoms with Crippen LogP contribution in [-0.2, 0) is 34.8 Å². The molecule has 0 radical (unpaired) electrons. The highest BCUT2D eigenvalue weighted by molar-refractivity contribution is 5.95. The summed E-state index contributed by atoms with van der Waals surface area (Å²) in [4.78, 5) is 74.0. The molecular formula is C51H69F3N12O7. The second kappa shape index (κ2) is 24.5. The maximum absolute atomic E-state index is 14.1. The lowest BCUT2D eigenvalue weighted by Gasteiger charge is -2.44. The fraction of sp³-hybridized carbons (Fsp3) is 0.608. The third-order valence-corrected chi connectivity index (χ3v) is 15.0. The molecule has 8 rings (SSSR count). The number of aromatic nitrogens is 5. The van der Waals surface area contributed by atoms with E-state index in [0.29, 0.717) is 83.1 Å². The van der Waals surface area contributed by atoms with E-state index in [-0.39, 0.29) is 77.5 Å². The molecule has 4 aromatic rings. The SMILES string of the molecule is CC(C)N(C)[C@@H]1CC[C@H](N2CC[C@H](Nc3ncnc4ccc(C(F)(F)F)cc34)C2=O)[C@H](NC(=O)c2cnn(C3CCN(CCOCCOCCOCCNC(=O)[C@H]4CC(=O)N(C)[C@@H]4c4cccnc4)CC3)c2)C1. The van der Waals surface area contributed by atoms with E-state index in [2.05, 4.69) is 66.7 Å². The molecule has 1 saturated carbocycles. The molecule has 4 amide bonds. The zero-order valence-corrected chi connectivity index (χ0v) is 42.1. The van der Waals surface area contributed by atoms with E-state index < -0.39 is 23.7 Å². The Morgan fingerprint density at radius 2 is 1.67 bits per heavy atom. The van der Waals surface area contributed by atoms with Crippen molar-refractivity contribution in [1.82, 2.24) is 55.0 Å². The van der Waals surface area contributed by atoms with Crippen molar-refractivity contribution < 1.29 is 46.6 Å². The summed E-state index contributed by atoms with van der Waals surface area (Å²) in [5.74, 6) is -1.00. The van der Waals surface area contributed by atoms with Crippen LogP contribution in [0, 0.1) is 5.92 Å². The molecule has 1 aliphatic carbocycles. The van der Waals surface area contributed by atoms with Crippen LogP contribution in [0.15, 0.2) is 61.4 Å². The molecule has 4 aliphatic rings. The summed E-state index contributed by atoms with van der Waals surface area (Å²) >= 11 is 0. The maximum Gasteiger partial charge on any atom is 0.416 e. The summed E-state index contributed by atoms with van der Waals surface area (Å²) in [6.07, 6.45) is 7.98. The summed E-state index contributed by atoms with van der Waals surface area (Å²) in [6, 6.07) is 5.91. The highest BCUT2D eigenvalue weighted by atomic mass is 19.4. The fourth-order valence-electron chi connectivity index (χ4n) is 10.7. The van der Waals surface area contributed by atoms with Crippen LogP contribution in [0.3, 0.4) is 0 Å². The van der Waals surface area contributed by atoms with Crippen LogP contribution < -0.4 is 16.0 Å². The molecule has 6 atom stereocenters. The van der Waals surface area contributed by atoms with E-state index in [1.165, 1.54) is 12.4 Å². The Morgan fingerprint density at radius 3 is 2.40 bits per heavy atom. The molecule has 1 aromatic carbocycles. The van der Waals surface area contributed by atoms with Gasteiger partial charge in [-0.3, -0.25) is 28.8 Å². The number of ether oxygens (including phenoxy) is 3. The average Bonchev–Trinajstić information content (AvgIpc) is 4.11. The Morgan fingerprint density at radius 1 is 0.918 bits per heavy atom. The number of amides is 4. The molecule has 3 N–H and O–H groups in total. The summed E-state index contributed by atoms with van der Waals surface area (Å²) < 4.78 is 59.9. The Bertz CT molecular complexity index is 2490. The van der Waals surface area contributed by atoms with Crippen LogP contribution in [0.4, 0.5) is 19.0 Å². The largest absolute Gasteiger partial charge is 0.416 e. The van der Waals surface area contributed by atoms with Crippen molar-refractivity contribution in [2.24, 2.45) is 5.92 Å². The minimum Gasteiger partial charge on any atom is -0.378 e. The van der Waals surface area contributed by atoms with Crippen LogP contribution in [0.2, 0.25) is 0 Å². The van der Waals surface area contributed by atoms with Crippen molar-refractivity contribution in [1.29, 1.82) is 0 Å². The van der Waals surface area contributed by atoms with Crippen molar-refractivity contribution in [2.45, 2.75) is 107 Å². The number of nitrogens with one attached hydrogen (secondary N) is 3. The molecule has 3 saturated heterocycles. The highest BCUT2D eigenvalue weighted by Crippen LogP contribution is 2.37. The summed E-state index contributed by atoms with van der Waals surface area (Å²) in [6.45, 7) is 10.1. The molecule has 73 heavy (non-hydrogen) atoms. The van der Waals surface area contributed by atoms with Crippen LogP contribution in [0.1, 0.15) is 92.4 Å². The molecule has 396 valence electrons. The van der Waals surface area contributed by atoms with Crippen molar-refractivity contribution in [2.75, 3.05) is 91.8 Å². The van der Waals surface area contributed by atoms with Gasteiger partial charge in [0.2, 0.25) is 17.7 Å². The second-order valence-corrected chi connectivity index (χ2v) is 19.8. The number of nitrogens with zero attached hydrogens (tertiary/aromatic N) is 9. The number of pyridine rings is 1. The van der Waals surface area contributed by atoms with Gasteiger partial charge in [-0.1, -0.05) is 6.07 Å². The standard InChI is InChI=1S/C51H69F3N12O7/c1-33(2)62(3)38-8-10-44(65-18-13-42(50(65)70)60-47-39-26-36(51(52,53)54)7-9-41(39)57-32-58-47)43(27-38)61-48(68)35-30-59-66(31-35)37-11-16-64(17-12-37)19-21-72-23-25-73-24-22-71-20-15-56-49(69)40-28-45(67)63(4)46(40)34-6-5-14-55-29-34/h5-7,9,14,26,29-33,37-38,40,42-44,46H,8,10-13,15-25,27-28H2,1-4H3,(H,56,69)(H,61,68)(H,57,58,60)/t38-,40+,42+,43-,44+,46-/m1/s1. The lowest BCUT2D eigenvalue weighted by Crippen LogP contribution is -2.58. The van der Waals surface area contributed by atoms with Crippen molar-refractivity contribution in [3.05, 3.63) is 78.1 Å². The molecule has 6 heterocycles. The Hall–Kier alpha value is -5.81. The van der Waals surface area contributed by atoms with Gasteiger partial charge in [-0.25, -0.2) is 9.97 Å². The van der Waals surface area contributed by atoms with Gasteiger partial charge in [-0.2, -0.15) is 18.3 Å². The topological polar surface area (TPSA) is 202 Å². The Balaban J connectivity index is 0.728. The number of piperidine rings is 1. The molecule has 19 nitrogen and oxygen atoms in total. The van der Waals surface area contributed by atoms with Crippen molar-refractivity contribution in [3.8, 4) is 0 Å². The molecule has 0 bridgehead atoms. The maximum atomic E-state index is 14.1. The van der Waals surface area contributed by atoms with E-state index in [1.54, 1.807) is 36.6 Å². The number of anilines is 1.